The first-order valence-corrected chi connectivity index (χ1v) is 34.1. The number of hydrogen-bond acceptors (Lipinski definition) is 0. The van der Waals surface area contributed by atoms with Gasteiger partial charge in [0.05, 0.1) is 0 Å². The van der Waals surface area contributed by atoms with Crippen molar-refractivity contribution in [2.24, 2.45) is 0 Å². The molecule has 2 aliphatic carbocycles. The summed E-state index contributed by atoms with van der Waals surface area (Å²) < 4.78 is 167. The van der Waals surface area contributed by atoms with Gasteiger partial charge in [0.15, 0.2) is 0 Å². The molecule has 0 aliphatic heterocycles. The number of rotatable bonds is 6. The number of hydrogen-bond donors (Lipinski definition) is 0. The van der Waals surface area contributed by atoms with E-state index >= 15 is 0 Å². The summed E-state index contributed by atoms with van der Waals surface area (Å²) in [5.41, 5.74) is -1.90. The van der Waals surface area contributed by atoms with Crippen molar-refractivity contribution in [2.45, 2.75) is 79.2 Å². The summed E-state index contributed by atoms with van der Waals surface area (Å²) in [4.78, 5) is 0. The molecule has 0 bridgehead atoms. The molecule has 2 unspecified atom stereocenters. The maximum absolute atomic E-state index is 14.0. The number of fused-ring (bicyclic) bond motifs is 2. The summed E-state index contributed by atoms with van der Waals surface area (Å²) in [5.74, 6) is -2.30. The predicted octanol–water partition coefficient (Wildman–Crippen LogP) is 15.7. The van der Waals surface area contributed by atoms with Crippen LogP contribution < -0.4 is 0 Å². The van der Waals surface area contributed by atoms with Crippen LogP contribution in [0, 0.1) is 13.8 Å². The number of alkyl halides is 12. The number of aryl methyl sites for hydroxylation is 2. The van der Waals surface area contributed by atoms with E-state index in [1.165, 1.54) is 12.1 Å². The van der Waals surface area contributed by atoms with E-state index in [9.17, 15) is 52.7 Å². The summed E-state index contributed by atoms with van der Waals surface area (Å²) in [6, 6.07) is 9.49. The minimum absolute atomic E-state index is 0.0669. The van der Waals surface area contributed by atoms with E-state index in [-0.39, 0.29) is 34.4 Å². The fraction of sp³-hybridized carbons (Fsp3) is 0.317. The van der Waals surface area contributed by atoms with Crippen molar-refractivity contribution < 1.29 is 68.2 Å². The number of allylic oxidation sites excluding steroid dienone is 2. The first kappa shape index (κ1) is 43.8. The van der Waals surface area contributed by atoms with Crippen LogP contribution in [0.2, 0.25) is 13.1 Å². The van der Waals surface area contributed by atoms with E-state index in [1.807, 2.05) is 20.0 Å². The fourth-order valence-electron chi connectivity index (χ4n) is 8.70. The molecule has 16 heteroatoms. The molecule has 0 nitrogen and oxygen atoms in total. The van der Waals surface area contributed by atoms with Gasteiger partial charge in [0.25, 0.3) is 0 Å². The standard InChI is InChI=1S/C20H15F6.C19H13F6.C2H7Si.2ClH.Zr/c1-3-12-6-13-4-11(2)5-17(18(13)7-12)14-8-15(19(21,22)23)10-16(9-14)20(24,25)26;1-10-3-12-4-11(2)6-17(16(12)5-10)13-7-14(18(20,21)22)9-15(8-13)19(23,24)25;1-3-2;;;/h4-10H,3H2,1-2H3;3-9H,1-2H3;3H,1-2H3;2*1H;/q;;;;;+2/p-2. The van der Waals surface area contributed by atoms with E-state index in [0.29, 0.717) is 69.6 Å². The van der Waals surface area contributed by atoms with Gasteiger partial charge in [-0.3, -0.25) is 0 Å². The predicted molar refractivity (Wildman–Crippen MR) is 201 cm³/mol. The molecule has 4 aromatic carbocycles. The average molecular weight is 946 g/mol. The SMILES string of the molecule is CCC1=Cc2c(-c3cc(C(F)(F)F)cc(C(F)(F)F)c3)cc(C)cc2[CH]1[Zr]([Cl])([Cl])([CH]1C(C)=Cc2c(-c3cc(C(F)(F)F)cc(C(F)(F)F)c3)cc(C)cc21)[SiH](C)C. The molecule has 2 atom stereocenters. The third-order valence-electron chi connectivity index (χ3n) is 11.3. The van der Waals surface area contributed by atoms with Crippen LogP contribution in [-0.2, 0) is 40.3 Å². The molecule has 0 aromatic heterocycles. The molecule has 0 spiro atoms. The van der Waals surface area contributed by atoms with Gasteiger partial charge in [0, 0.05) is 0 Å². The Kier molecular flexibility index (Phi) is 10.9. The van der Waals surface area contributed by atoms with E-state index in [0.717, 1.165) is 5.57 Å². The van der Waals surface area contributed by atoms with Crippen LogP contribution in [0.15, 0.2) is 71.8 Å². The second-order valence-electron chi connectivity index (χ2n) is 15.4. The van der Waals surface area contributed by atoms with Gasteiger partial charge in [-0.25, -0.2) is 0 Å². The van der Waals surface area contributed by atoms with Crippen molar-refractivity contribution in [3.63, 3.8) is 0 Å². The van der Waals surface area contributed by atoms with Gasteiger partial charge < -0.3 is 0 Å². The maximum atomic E-state index is 14.0. The van der Waals surface area contributed by atoms with Crippen LogP contribution in [0.3, 0.4) is 0 Å². The Balaban J connectivity index is 1.61. The molecular weight excluding hydrogens is 911 g/mol. The molecule has 0 radical (unpaired) electrons. The average Bonchev–Trinajstić information content (AvgIpc) is 3.63. The van der Waals surface area contributed by atoms with Crippen molar-refractivity contribution in [2.75, 3.05) is 0 Å². The van der Waals surface area contributed by atoms with Crippen LogP contribution in [0.5, 0.6) is 0 Å². The van der Waals surface area contributed by atoms with Gasteiger partial charge >= 0.3 is 332 Å². The summed E-state index contributed by atoms with van der Waals surface area (Å²) in [6.07, 6.45) is -16.5. The molecule has 0 N–H and O–H groups in total. The Morgan fingerprint density at radius 2 is 0.877 bits per heavy atom. The van der Waals surface area contributed by atoms with Crippen LogP contribution in [0.1, 0.15) is 83.2 Å². The first-order chi connectivity index (χ1) is 26.0. The van der Waals surface area contributed by atoms with Crippen molar-refractivity contribution >= 4 is 35.1 Å². The van der Waals surface area contributed by atoms with Crippen LogP contribution >= 0.6 is 17.0 Å². The first-order valence-electron chi connectivity index (χ1n) is 17.8. The van der Waals surface area contributed by atoms with Crippen molar-refractivity contribution in [1.29, 1.82) is 0 Å². The summed E-state index contributed by atoms with van der Waals surface area (Å²) in [7, 11) is 16.5. The number of halogens is 14. The molecule has 57 heavy (non-hydrogen) atoms. The van der Waals surface area contributed by atoms with Gasteiger partial charge in [-0.2, -0.15) is 0 Å². The van der Waals surface area contributed by atoms with Crippen LogP contribution in [0.25, 0.3) is 34.4 Å². The Morgan fingerprint density at radius 1 is 0.526 bits per heavy atom. The molecular formula is C41H35Cl2F12SiZr. The van der Waals surface area contributed by atoms with Crippen LogP contribution in [-0.4, -0.2) is 5.92 Å². The van der Waals surface area contributed by atoms with E-state index < -0.39 is 75.7 Å². The van der Waals surface area contributed by atoms with E-state index in [1.54, 1.807) is 45.1 Å². The van der Waals surface area contributed by atoms with Gasteiger partial charge in [-0.1, -0.05) is 0 Å². The van der Waals surface area contributed by atoms with Gasteiger partial charge in [-0.05, 0) is 0 Å². The Hall–Kier alpha value is -2.80. The van der Waals surface area contributed by atoms with Gasteiger partial charge in [-0.15, -0.1) is 0 Å². The quantitative estimate of drug-likeness (QED) is 0.133. The van der Waals surface area contributed by atoms with Crippen molar-refractivity contribution in [3.8, 4) is 22.3 Å². The third kappa shape index (κ3) is 7.63. The fourth-order valence-corrected chi connectivity index (χ4v) is 41.0. The van der Waals surface area contributed by atoms with Crippen LogP contribution in [0.4, 0.5) is 52.7 Å². The normalized spacial score (nSPS) is 18.3. The second kappa shape index (κ2) is 14.2. The molecule has 0 saturated heterocycles. The van der Waals surface area contributed by atoms with E-state index in [2.05, 4.69) is 0 Å². The zero-order valence-corrected chi connectivity index (χ0v) is 36.3. The Labute approximate surface area is 330 Å². The molecule has 0 saturated carbocycles. The van der Waals surface area contributed by atoms with Gasteiger partial charge in [0.1, 0.15) is 0 Å². The van der Waals surface area contributed by atoms with Crippen molar-refractivity contribution in [3.05, 3.63) is 127 Å². The Bertz CT molecular complexity index is 2300. The molecule has 4 aromatic rings. The summed E-state index contributed by atoms with van der Waals surface area (Å²) >= 11 is -5.68. The van der Waals surface area contributed by atoms with E-state index in [4.69, 9.17) is 17.0 Å². The number of benzene rings is 4. The monoisotopic (exact) mass is 943 g/mol. The second-order valence-corrected chi connectivity index (χ2v) is 57.9. The van der Waals surface area contributed by atoms with Crippen molar-refractivity contribution in [1.82, 2.24) is 0 Å². The summed E-state index contributed by atoms with van der Waals surface area (Å²) in [6.45, 7) is 10.9. The third-order valence-corrected chi connectivity index (χ3v) is 63.3. The molecule has 0 fully saturated rings. The zero-order chi connectivity index (χ0) is 42.6. The molecule has 6 rings (SSSR count). The van der Waals surface area contributed by atoms with Gasteiger partial charge in [0.2, 0.25) is 0 Å². The molecule has 0 heterocycles. The summed E-state index contributed by atoms with van der Waals surface area (Å²) in [5, 5.41) is 0. The molecule has 0 amide bonds. The molecule has 305 valence electrons. The zero-order valence-electron chi connectivity index (χ0n) is 31.2. The molecule has 2 aliphatic rings. The minimum atomic E-state index is -5.68. The Morgan fingerprint density at radius 3 is 1.21 bits per heavy atom. The topological polar surface area (TPSA) is 0 Å².